The molecule has 1 heterocycles. The minimum atomic E-state index is -0.836. The standard InChI is InChI=1S/C7H15N5O/c1-3-7(8,4-2)5(13)6-9-11-12-10-6/h5,13H,3-4,8H2,1-2H3,(H,9,10,11,12). The zero-order valence-electron chi connectivity index (χ0n) is 7.86. The molecule has 0 fully saturated rings. The highest BCUT2D eigenvalue weighted by Crippen LogP contribution is 2.26. The van der Waals surface area contributed by atoms with Crippen molar-refractivity contribution < 1.29 is 5.11 Å². The van der Waals surface area contributed by atoms with E-state index in [4.69, 9.17) is 5.73 Å². The third-order valence-electron chi connectivity index (χ3n) is 2.48. The Hall–Kier alpha value is -1.01. The van der Waals surface area contributed by atoms with Crippen molar-refractivity contribution in [3.63, 3.8) is 0 Å². The van der Waals surface area contributed by atoms with Crippen LogP contribution in [-0.4, -0.2) is 31.3 Å². The fraction of sp³-hybridized carbons (Fsp3) is 0.857. The van der Waals surface area contributed by atoms with Crippen molar-refractivity contribution >= 4 is 0 Å². The lowest BCUT2D eigenvalue weighted by Gasteiger charge is -2.30. The molecular weight excluding hydrogens is 170 g/mol. The molecule has 1 aromatic heterocycles. The summed E-state index contributed by atoms with van der Waals surface area (Å²) in [6, 6.07) is 0. The maximum absolute atomic E-state index is 9.83. The van der Waals surface area contributed by atoms with E-state index in [-0.39, 0.29) is 0 Å². The molecule has 6 heteroatoms. The maximum Gasteiger partial charge on any atom is 0.179 e. The fourth-order valence-electron chi connectivity index (χ4n) is 1.19. The average molecular weight is 185 g/mol. The summed E-state index contributed by atoms with van der Waals surface area (Å²) >= 11 is 0. The molecule has 1 atom stereocenters. The lowest BCUT2D eigenvalue weighted by atomic mass is 9.87. The molecule has 0 bridgehead atoms. The van der Waals surface area contributed by atoms with Gasteiger partial charge < -0.3 is 10.8 Å². The van der Waals surface area contributed by atoms with E-state index < -0.39 is 11.6 Å². The van der Waals surface area contributed by atoms with Gasteiger partial charge in [0.2, 0.25) is 0 Å². The Kier molecular flexibility index (Phi) is 2.94. The van der Waals surface area contributed by atoms with Crippen molar-refractivity contribution in [2.24, 2.45) is 5.73 Å². The summed E-state index contributed by atoms with van der Waals surface area (Å²) in [7, 11) is 0. The smallest absolute Gasteiger partial charge is 0.179 e. The highest BCUT2D eigenvalue weighted by atomic mass is 16.3. The number of aliphatic hydroxyl groups excluding tert-OH is 1. The molecule has 0 radical (unpaired) electrons. The van der Waals surface area contributed by atoms with Crippen LogP contribution in [0.3, 0.4) is 0 Å². The van der Waals surface area contributed by atoms with Gasteiger partial charge in [-0.1, -0.05) is 13.8 Å². The van der Waals surface area contributed by atoms with Gasteiger partial charge in [0.1, 0.15) is 6.10 Å². The average Bonchev–Trinajstić information content (AvgIpc) is 2.68. The molecule has 13 heavy (non-hydrogen) atoms. The quantitative estimate of drug-likeness (QED) is 0.600. The molecule has 0 aliphatic rings. The lowest BCUT2D eigenvalue weighted by Crippen LogP contribution is -2.45. The number of tetrazole rings is 1. The van der Waals surface area contributed by atoms with Crippen LogP contribution in [0.1, 0.15) is 38.6 Å². The topological polar surface area (TPSA) is 101 Å². The molecule has 0 aliphatic carbocycles. The summed E-state index contributed by atoms with van der Waals surface area (Å²) in [5.74, 6) is 0.325. The first-order chi connectivity index (χ1) is 6.14. The van der Waals surface area contributed by atoms with Crippen LogP contribution < -0.4 is 5.73 Å². The molecule has 1 aromatic rings. The summed E-state index contributed by atoms with van der Waals surface area (Å²) in [5.41, 5.74) is 5.31. The molecule has 1 unspecified atom stereocenters. The molecule has 1 rings (SSSR count). The van der Waals surface area contributed by atoms with Crippen LogP contribution in [0.5, 0.6) is 0 Å². The molecule has 4 N–H and O–H groups in total. The maximum atomic E-state index is 9.83. The van der Waals surface area contributed by atoms with E-state index in [0.717, 1.165) is 0 Å². The number of nitrogens with one attached hydrogen (secondary N) is 1. The molecule has 0 aromatic carbocycles. The molecular formula is C7H15N5O. The summed E-state index contributed by atoms with van der Waals surface area (Å²) < 4.78 is 0. The first-order valence-corrected chi connectivity index (χ1v) is 4.34. The second-order valence-electron chi connectivity index (χ2n) is 3.13. The first kappa shape index (κ1) is 10.1. The Morgan fingerprint density at radius 2 is 2.15 bits per heavy atom. The summed E-state index contributed by atoms with van der Waals surface area (Å²) in [4.78, 5) is 0. The van der Waals surface area contributed by atoms with Crippen LogP contribution in [0, 0.1) is 0 Å². The van der Waals surface area contributed by atoms with Gasteiger partial charge in [-0.2, -0.15) is 0 Å². The zero-order valence-corrected chi connectivity index (χ0v) is 7.86. The van der Waals surface area contributed by atoms with Crippen molar-refractivity contribution in [1.82, 2.24) is 20.6 Å². The van der Waals surface area contributed by atoms with E-state index in [0.29, 0.717) is 18.7 Å². The zero-order chi connectivity index (χ0) is 9.90. The number of hydrogen-bond donors (Lipinski definition) is 3. The number of nitrogens with two attached hydrogens (primary N) is 1. The van der Waals surface area contributed by atoms with Gasteiger partial charge in [0.05, 0.1) is 0 Å². The van der Waals surface area contributed by atoms with E-state index in [2.05, 4.69) is 20.6 Å². The number of H-pyrrole nitrogens is 1. The van der Waals surface area contributed by atoms with Crippen molar-refractivity contribution in [2.45, 2.75) is 38.3 Å². The lowest BCUT2D eigenvalue weighted by molar-refractivity contribution is 0.0703. The van der Waals surface area contributed by atoms with Gasteiger partial charge in [0.25, 0.3) is 0 Å². The van der Waals surface area contributed by atoms with E-state index in [9.17, 15) is 5.11 Å². The number of aliphatic hydroxyl groups is 1. The van der Waals surface area contributed by atoms with Gasteiger partial charge in [-0.15, -0.1) is 5.10 Å². The highest BCUT2D eigenvalue weighted by Gasteiger charge is 2.33. The van der Waals surface area contributed by atoms with Gasteiger partial charge in [-0.3, -0.25) is 0 Å². The first-order valence-electron chi connectivity index (χ1n) is 4.34. The number of hydrogen-bond acceptors (Lipinski definition) is 5. The van der Waals surface area contributed by atoms with E-state index in [1.54, 1.807) is 0 Å². The van der Waals surface area contributed by atoms with Gasteiger partial charge in [-0.25, -0.2) is 5.10 Å². The van der Waals surface area contributed by atoms with Crippen molar-refractivity contribution in [3.8, 4) is 0 Å². The Balaban J connectivity index is 2.82. The fourth-order valence-corrected chi connectivity index (χ4v) is 1.19. The normalized spacial score (nSPS) is 14.5. The summed E-state index contributed by atoms with van der Waals surface area (Å²) in [6.07, 6.45) is 0.508. The largest absolute Gasteiger partial charge is 0.383 e. The molecule has 0 saturated carbocycles. The van der Waals surface area contributed by atoms with E-state index in [1.807, 2.05) is 13.8 Å². The highest BCUT2D eigenvalue weighted by molar-refractivity contribution is 4.99. The van der Waals surface area contributed by atoms with Crippen molar-refractivity contribution in [1.29, 1.82) is 0 Å². The van der Waals surface area contributed by atoms with Crippen LogP contribution in [0.15, 0.2) is 0 Å². The minimum absolute atomic E-state index is 0.325. The van der Waals surface area contributed by atoms with Crippen LogP contribution in [0.4, 0.5) is 0 Å². The van der Waals surface area contributed by atoms with E-state index >= 15 is 0 Å². The number of aromatic amines is 1. The minimum Gasteiger partial charge on any atom is -0.383 e. The Morgan fingerprint density at radius 3 is 2.54 bits per heavy atom. The van der Waals surface area contributed by atoms with Crippen LogP contribution in [-0.2, 0) is 0 Å². The van der Waals surface area contributed by atoms with Crippen LogP contribution >= 0.6 is 0 Å². The van der Waals surface area contributed by atoms with Crippen LogP contribution in [0.2, 0.25) is 0 Å². The number of rotatable bonds is 4. The predicted octanol–water partition coefficient (Wildman–Crippen LogP) is -0.249. The monoisotopic (exact) mass is 185 g/mol. The summed E-state index contributed by atoms with van der Waals surface area (Å²) in [5, 5.41) is 22.7. The summed E-state index contributed by atoms with van der Waals surface area (Å²) in [6.45, 7) is 3.85. The van der Waals surface area contributed by atoms with Crippen molar-refractivity contribution in [2.75, 3.05) is 0 Å². The second kappa shape index (κ2) is 3.80. The third kappa shape index (κ3) is 1.84. The van der Waals surface area contributed by atoms with Gasteiger partial charge in [-0.05, 0) is 23.3 Å². The van der Waals surface area contributed by atoms with Gasteiger partial charge in [0.15, 0.2) is 5.82 Å². The Morgan fingerprint density at radius 1 is 1.54 bits per heavy atom. The van der Waals surface area contributed by atoms with Crippen molar-refractivity contribution in [3.05, 3.63) is 5.82 Å². The Labute approximate surface area is 76.5 Å². The molecule has 6 nitrogen and oxygen atoms in total. The van der Waals surface area contributed by atoms with E-state index in [1.165, 1.54) is 0 Å². The number of aromatic nitrogens is 4. The number of nitrogens with zero attached hydrogens (tertiary/aromatic N) is 3. The molecule has 74 valence electrons. The SMILES string of the molecule is CCC(N)(CC)C(O)c1nnn[nH]1. The molecule has 0 spiro atoms. The van der Waals surface area contributed by atoms with Gasteiger partial charge in [0, 0.05) is 5.54 Å². The Bertz CT molecular complexity index is 243. The third-order valence-corrected chi connectivity index (χ3v) is 2.48. The van der Waals surface area contributed by atoms with Gasteiger partial charge >= 0.3 is 0 Å². The predicted molar refractivity (Wildman–Crippen MR) is 46.6 cm³/mol. The molecule has 0 saturated heterocycles. The molecule has 0 amide bonds. The van der Waals surface area contributed by atoms with Crippen LogP contribution in [0.25, 0.3) is 0 Å². The second-order valence-corrected chi connectivity index (χ2v) is 3.13. The molecule has 0 aliphatic heterocycles.